The standard InChI is InChI=1S/C22H27N3O3/c1-16-8-10-18(11-9-16)28-17(2)21(26)23-20-7-5-4-6-19(20)22(27)25-14-12-24(3)13-15-25/h4-11,17H,12-15H2,1-3H3,(H,23,26)/p+1/t17-/m0/s1. The molecule has 6 heteroatoms. The number of aryl methyl sites for hydroxylation is 1. The topological polar surface area (TPSA) is 63.1 Å². The van der Waals surface area contributed by atoms with Crippen molar-refractivity contribution < 1.29 is 19.2 Å². The molecule has 0 saturated carbocycles. The van der Waals surface area contributed by atoms with Crippen LogP contribution in [0.25, 0.3) is 0 Å². The number of nitrogens with one attached hydrogen (secondary N) is 2. The van der Waals surface area contributed by atoms with Gasteiger partial charge in [0.2, 0.25) is 0 Å². The van der Waals surface area contributed by atoms with Gasteiger partial charge >= 0.3 is 0 Å². The molecule has 2 aromatic carbocycles. The SMILES string of the molecule is Cc1ccc(O[C@@H](C)C(=O)Nc2ccccc2C(=O)N2CC[NH+](C)CC2)cc1. The second-order valence-electron chi connectivity index (χ2n) is 7.36. The number of likely N-dealkylation sites (N-methyl/N-ethyl adjacent to an activating group) is 1. The molecule has 6 nitrogen and oxygen atoms in total. The zero-order valence-corrected chi connectivity index (χ0v) is 16.7. The van der Waals surface area contributed by atoms with Crippen molar-refractivity contribution in [2.24, 2.45) is 0 Å². The van der Waals surface area contributed by atoms with Crippen LogP contribution in [0.4, 0.5) is 5.69 Å². The fourth-order valence-corrected chi connectivity index (χ4v) is 3.15. The quantitative estimate of drug-likeness (QED) is 0.821. The van der Waals surface area contributed by atoms with Crippen LogP contribution in [0.5, 0.6) is 5.75 Å². The molecule has 148 valence electrons. The average molecular weight is 382 g/mol. The van der Waals surface area contributed by atoms with E-state index in [-0.39, 0.29) is 11.8 Å². The van der Waals surface area contributed by atoms with Crippen molar-refractivity contribution in [1.29, 1.82) is 0 Å². The predicted molar refractivity (Wildman–Crippen MR) is 109 cm³/mol. The first-order valence-corrected chi connectivity index (χ1v) is 9.68. The van der Waals surface area contributed by atoms with Crippen molar-refractivity contribution in [3.05, 3.63) is 59.7 Å². The molecule has 2 aromatic rings. The summed E-state index contributed by atoms with van der Waals surface area (Å²) >= 11 is 0. The van der Waals surface area contributed by atoms with Crippen molar-refractivity contribution >= 4 is 17.5 Å². The molecule has 0 bridgehead atoms. The summed E-state index contributed by atoms with van der Waals surface area (Å²) in [6, 6.07) is 14.7. The fourth-order valence-electron chi connectivity index (χ4n) is 3.15. The first-order chi connectivity index (χ1) is 13.4. The number of quaternary nitrogens is 1. The molecular weight excluding hydrogens is 354 g/mol. The van der Waals surface area contributed by atoms with Gasteiger partial charge in [0.1, 0.15) is 5.75 Å². The molecule has 2 amide bonds. The van der Waals surface area contributed by atoms with Gasteiger partial charge in [0, 0.05) is 0 Å². The number of para-hydroxylation sites is 1. The normalized spacial score (nSPS) is 15.8. The molecule has 1 saturated heterocycles. The number of amides is 2. The number of carbonyl (C=O) groups excluding carboxylic acids is 2. The van der Waals surface area contributed by atoms with Crippen LogP contribution < -0.4 is 15.0 Å². The highest BCUT2D eigenvalue weighted by Gasteiger charge is 2.25. The van der Waals surface area contributed by atoms with Gasteiger partial charge in [0.15, 0.2) is 6.10 Å². The van der Waals surface area contributed by atoms with Gasteiger partial charge in [0.25, 0.3) is 11.8 Å². The van der Waals surface area contributed by atoms with E-state index in [0.29, 0.717) is 17.0 Å². The Labute approximate surface area is 166 Å². The number of hydrogen-bond donors (Lipinski definition) is 2. The number of anilines is 1. The summed E-state index contributed by atoms with van der Waals surface area (Å²) < 4.78 is 5.72. The molecule has 1 heterocycles. The number of rotatable bonds is 5. The van der Waals surface area contributed by atoms with Gasteiger partial charge in [-0.05, 0) is 38.1 Å². The lowest BCUT2D eigenvalue weighted by Crippen LogP contribution is -3.12. The molecule has 0 spiro atoms. The molecule has 0 aliphatic carbocycles. The van der Waals surface area contributed by atoms with Crippen molar-refractivity contribution in [2.75, 3.05) is 38.5 Å². The van der Waals surface area contributed by atoms with E-state index in [9.17, 15) is 9.59 Å². The highest BCUT2D eigenvalue weighted by atomic mass is 16.5. The molecule has 1 aliphatic rings. The summed E-state index contributed by atoms with van der Waals surface area (Å²) in [5.74, 6) is 0.303. The number of benzene rings is 2. The highest BCUT2D eigenvalue weighted by Crippen LogP contribution is 2.19. The highest BCUT2D eigenvalue weighted by molar-refractivity contribution is 6.04. The van der Waals surface area contributed by atoms with Crippen LogP contribution in [-0.2, 0) is 4.79 Å². The summed E-state index contributed by atoms with van der Waals surface area (Å²) in [4.78, 5) is 28.8. The molecule has 0 unspecified atom stereocenters. The third kappa shape index (κ3) is 4.89. The first kappa shape index (κ1) is 19.9. The summed E-state index contributed by atoms with van der Waals surface area (Å²) in [5, 5.41) is 2.85. The van der Waals surface area contributed by atoms with Crippen LogP contribution in [0.2, 0.25) is 0 Å². The fraction of sp³-hybridized carbons (Fsp3) is 0.364. The van der Waals surface area contributed by atoms with Gasteiger partial charge in [-0.3, -0.25) is 9.59 Å². The Balaban J connectivity index is 1.67. The van der Waals surface area contributed by atoms with E-state index in [1.54, 1.807) is 19.1 Å². The molecule has 1 aliphatic heterocycles. The van der Waals surface area contributed by atoms with Crippen molar-refractivity contribution in [3.63, 3.8) is 0 Å². The minimum atomic E-state index is -0.682. The molecule has 28 heavy (non-hydrogen) atoms. The Morgan fingerprint density at radius 2 is 1.71 bits per heavy atom. The van der Waals surface area contributed by atoms with E-state index >= 15 is 0 Å². The van der Waals surface area contributed by atoms with Crippen LogP contribution in [0, 0.1) is 6.92 Å². The largest absolute Gasteiger partial charge is 0.481 e. The van der Waals surface area contributed by atoms with E-state index in [0.717, 1.165) is 31.7 Å². The monoisotopic (exact) mass is 382 g/mol. The van der Waals surface area contributed by atoms with E-state index in [4.69, 9.17) is 4.74 Å². The maximum atomic E-state index is 12.9. The molecular formula is C22H28N3O3+. The number of carbonyl (C=O) groups is 2. The third-order valence-electron chi connectivity index (χ3n) is 5.02. The Kier molecular flexibility index (Phi) is 6.31. The Morgan fingerprint density at radius 1 is 1.07 bits per heavy atom. The molecule has 1 fully saturated rings. The summed E-state index contributed by atoms with van der Waals surface area (Å²) in [6.45, 7) is 7.00. The Morgan fingerprint density at radius 3 is 2.39 bits per heavy atom. The zero-order chi connectivity index (χ0) is 20.1. The van der Waals surface area contributed by atoms with E-state index < -0.39 is 6.10 Å². The van der Waals surface area contributed by atoms with E-state index in [1.165, 1.54) is 4.90 Å². The number of hydrogen-bond acceptors (Lipinski definition) is 3. The lowest BCUT2D eigenvalue weighted by atomic mass is 10.1. The van der Waals surface area contributed by atoms with Gasteiger partial charge in [0.05, 0.1) is 44.5 Å². The smallest absolute Gasteiger partial charge is 0.265 e. The molecule has 1 atom stereocenters. The van der Waals surface area contributed by atoms with Crippen molar-refractivity contribution in [2.45, 2.75) is 20.0 Å². The molecule has 3 rings (SSSR count). The lowest BCUT2D eigenvalue weighted by Gasteiger charge is -2.30. The zero-order valence-electron chi connectivity index (χ0n) is 16.7. The van der Waals surface area contributed by atoms with Gasteiger partial charge < -0.3 is 19.9 Å². The minimum Gasteiger partial charge on any atom is -0.481 e. The second kappa shape index (κ2) is 8.89. The van der Waals surface area contributed by atoms with Crippen LogP contribution in [-0.4, -0.2) is 56.0 Å². The summed E-state index contributed by atoms with van der Waals surface area (Å²) in [6.07, 6.45) is -0.682. The number of piperazine rings is 1. The summed E-state index contributed by atoms with van der Waals surface area (Å²) in [5.41, 5.74) is 2.16. The Hall–Kier alpha value is -2.86. The lowest BCUT2D eigenvalue weighted by molar-refractivity contribution is -0.883. The van der Waals surface area contributed by atoms with Gasteiger partial charge in [-0.25, -0.2) is 0 Å². The van der Waals surface area contributed by atoms with Gasteiger partial charge in [-0.15, -0.1) is 0 Å². The van der Waals surface area contributed by atoms with Crippen LogP contribution >= 0.6 is 0 Å². The number of ether oxygens (including phenoxy) is 1. The maximum Gasteiger partial charge on any atom is 0.265 e. The van der Waals surface area contributed by atoms with Crippen LogP contribution in [0.1, 0.15) is 22.8 Å². The van der Waals surface area contributed by atoms with Crippen LogP contribution in [0.3, 0.4) is 0 Å². The third-order valence-corrected chi connectivity index (χ3v) is 5.02. The molecule has 0 aromatic heterocycles. The first-order valence-electron chi connectivity index (χ1n) is 9.68. The average Bonchev–Trinajstić information content (AvgIpc) is 2.70. The molecule has 2 N–H and O–H groups in total. The molecule has 0 radical (unpaired) electrons. The predicted octanol–water partition coefficient (Wildman–Crippen LogP) is 1.37. The van der Waals surface area contributed by atoms with E-state index in [1.807, 2.05) is 48.2 Å². The maximum absolute atomic E-state index is 12.9. The summed E-state index contributed by atoms with van der Waals surface area (Å²) in [7, 11) is 2.13. The van der Waals surface area contributed by atoms with Gasteiger partial charge in [-0.2, -0.15) is 0 Å². The van der Waals surface area contributed by atoms with Crippen LogP contribution in [0.15, 0.2) is 48.5 Å². The number of nitrogens with zero attached hydrogens (tertiary/aromatic N) is 1. The van der Waals surface area contributed by atoms with Crippen molar-refractivity contribution in [3.8, 4) is 5.75 Å². The minimum absolute atomic E-state index is 0.0458. The van der Waals surface area contributed by atoms with E-state index in [2.05, 4.69) is 12.4 Å². The Bertz CT molecular complexity index is 827. The second-order valence-corrected chi connectivity index (χ2v) is 7.36. The van der Waals surface area contributed by atoms with Gasteiger partial charge in [-0.1, -0.05) is 29.8 Å². The van der Waals surface area contributed by atoms with Crippen molar-refractivity contribution in [1.82, 2.24) is 4.90 Å².